The quantitative estimate of drug-likeness (QED) is 0.605. The number of likely N-dealkylation sites (N-methyl/N-ethyl adjacent to an activating group) is 1. The molecule has 0 rings (SSSR count). The predicted molar refractivity (Wildman–Crippen MR) is 49.6 cm³/mol. The fourth-order valence-electron chi connectivity index (χ4n) is 0.602. The van der Waals surface area contributed by atoms with Crippen LogP contribution in [0.25, 0.3) is 0 Å². The Hall–Kier alpha value is -1.01. The van der Waals surface area contributed by atoms with Gasteiger partial charge in [0.1, 0.15) is 0 Å². The summed E-state index contributed by atoms with van der Waals surface area (Å²) in [7, 11) is 3.74. The Morgan fingerprint density at radius 1 is 1.58 bits per heavy atom. The molecule has 3 nitrogen and oxygen atoms in total. The molecule has 68 valence electrons. The Morgan fingerprint density at radius 3 is 2.58 bits per heavy atom. The zero-order valence-electron chi connectivity index (χ0n) is 8.14. The highest BCUT2D eigenvalue weighted by atomic mass is 16.2. The first kappa shape index (κ1) is 11.0. The molecule has 0 aromatic rings. The zero-order valence-corrected chi connectivity index (χ0v) is 8.14. The van der Waals surface area contributed by atoms with Crippen LogP contribution in [0.5, 0.6) is 0 Å². The minimum Gasteiger partial charge on any atom is -0.344 e. The Kier molecular flexibility index (Phi) is 5.14. The topological polar surface area (TPSA) is 32.3 Å². The molecule has 0 bridgehead atoms. The molecule has 1 N–H and O–H groups in total. The maximum absolute atomic E-state index is 11.2. The third kappa shape index (κ3) is 3.99. The molecular weight excluding hydrogens is 152 g/mol. The van der Waals surface area contributed by atoms with Gasteiger partial charge in [-0.25, -0.2) is 0 Å². The summed E-state index contributed by atoms with van der Waals surface area (Å²) in [5.41, 5.74) is 0. The third-order valence-electron chi connectivity index (χ3n) is 1.68. The largest absolute Gasteiger partial charge is 0.344 e. The lowest BCUT2D eigenvalue weighted by Crippen LogP contribution is -2.41. The molecule has 0 aliphatic heterocycles. The van der Waals surface area contributed by atoms with Crippen LogP contribution in [0.15, 0.2) is 0 Å². The average Bonchev–Trinajstić information content (AvgIpc) is 2.03. The smallest absolute Gasteiger partial charge is 0.237 e. The van der Waals surface area contributed by atoms with Crippen molar-refractivity contribution in [3.05, 3.63) is 0 Å². The van der Waals surface area contributed by atoms with Crippen LogP contribution < -0.4 is 5.32 Å². The van der Waals surface area contributed by atoms with Gasteiger partial charge in [0.15, 0.2) is 0 Å². The molecule has 0 aliphatic rings. The minimum absolute atomic E-state index is 0.0164. The van der Waals surface area contributed by atoms with Crippen molar-refractivity contribution in [1.82, 2.24) is 10.2 Å². The SMILES string of the molecule is CC#CCNC(=O)[C@H](C)N(C)C. The Bertz CT molecular complexity index is 200. The Balaban J connectivity index is 3.77. The molecule has 12 heavy (non-hydrogen) atoms. The first-order chi connectivity index (χ1) is 5.59. The normalized spacial score (nSPS) is 11.8. The van der Waals surface area contributed by atoms with E-state index >= 15 is 0 Å². The number of amides is 1. The van der Waals surface area contributed by atoms with Gasteiger partial charge in [0.25, 0.3) is 0 Å². The molecule has 0 saturated carbocycles. The molecular formula is C9H16N2O. The van der Waals surface area contributed by atoms with Crippen LogP contribution in [0, 0.1) is 11.8 Å². The number of carbonyl (C=O) groups excluding carboxylic acids is 1. The third-order valence-corrected chi connectivity index (χ3v) is 1.68. The van der Waals surface area contributed by atoms with E-state index in [9.17, 15) is 4.79 Å². The highest BCUT2D eigenvalue weighted by Gasteiger charge is 2.12. The van der Waals surface area contributed by atoms with Gasteiger partial charge in [-0.05, 0) is 27.9 Å². The van der Waals surface area contributed by atoms with Crippen molar-refractivity contribution in [2.75, 3.05) is 20.6 Å². The van der Waals surface area contributed by atoms with Crippen LogP contribution in [0.3, 0.4) is 0 Å². The van der Waals surface area contributed by atoms with Crippen molar-refractivity contribution in [3.8, 4) is 11.8 Å². The minimum atomic E-state index is -0.0938. The van der Waals surface area contributed by atoms with E-state index in [1.807, 2.05) is 25.9 Å². The summed E-state index contributed by atoms with van der Waals surface area (Å²) in [6.45, 7) is 4.05. The van der Waals surface area contributed by atoms with Gasteiger partial charge >= 0.3 is 0 Å². The second-order valence-electron chi connectivity index (χ2n) is 2.78. The van der Waals surface area contributed by atoms with E-state index in [0.717, 1.165) is 0 Å². The summed E-state index contributed by atoms with van der Waals surface area (Å²) in [6, 6.07) is -0.0938. The number of rotatable bonds is 3. The van der Waals surface area contributed by atoms with Crippen molar-refractivity contribution in [3.63, 3.8) is 0 Å². The lowest BCUT2D eigenvalue weighted by molar-refractivity contribution is -0.124. The van der Waals surface area contributed by atoms with Gasteiger partial charge in [-0.1, -0.05) is 5.92 Å². The molecule has 0 fully saturated rings. The molecule has 1 amide bonds. The molecule has 1 atom stereocenters. The summed E-state index contributed by atoms with van der Waals surface area (Å²) >= 11 is 0. The number of nitrogens with one attached hydrogen (secondary N) is 1. The molecule has 0 unspecified atom stereocenters. The maximum atomic E-state index is 11.2. The number of carbonyl (C=O) groups is 1. The number of nitrogens with zero attached hydrogens (tertiary/aromatic N) is 1. The van der Waals surface area contributed by atoms with Gasteiger partial charge in [-0.3, -0.25) is 9.69 Å². The molecule has 0 heterocycles. The molecule has 0 saturated heterocycles. The van der Waals surface area contributed by atoms with Crippen molar-refractivity contribution < 1.29 is 4.79 Å². The summed E-state index contributed by atoms with van der Waals surface area (Å²) in [5.74, 6) is 5.50. The van der Waals surface area contributed by atoms with Crippen molar-refractivity contribution >= 4 is 5.91 Å². The van der Waals surface area contributed by atoms with E-state index in [2.05, 4.69) is 17.2 Å². The maximum Gasteiger partial charge on any atom is 0.237 e. The van der Waals surface area contributed by atoms with Crippen molar-refractivity contribution in [2.24, 2.45) is 0 Å². The summed E-state index contributed by atoms with van der Waals surface area (Å²) in [4.78, 5) is 13.1. The van der Waals surface area contributed by atoms with Gasteiger partial charge < -0.3 is 5.32 Å². The highest BCUT2D eigenvalue weighted by Crippen LogP contribution is 1.89. The lowest BCUT2D eigenvalue weighted by Gasteiger charge is -2.17. The molecule has 0 aromatic heterocycles. The number of hydrogen-bond donors (Lipinski definition) is 1. The molecule has 0 aliphatic carbocycles. The monoisotopic (exact) mass is 168 g/mol. The predicted octanol–water partition coefficient (Wildman–Crippen LogP) is 0.0760. The highest BCUT2D eigenvalue weighted by molar-refractivity contribution is 5.81. The van der Waals surface area contributed by atoms with Crippen LogP contribution >= 0.6 is 0 Å². The zero-order chi connectivity index (χ0) is 9.56. The fraction of sp³-hybridized carbons (Fsp3) is 0.667. The fourth-order valence-corrected chi connectivity index (χ4v) is 0.602. The van der Waals surface area contributed by atoms with Crippen molar-refractivity contribution in [2.45, 2.75) is 19.9 Å². The molecule has 3 heteroatoms. The van der Waals surface area contributed by atoms with E-state index in [1.165, 1.54) is 0 Å². The van der Waals surface area contributed by atoms with Crippen molar-refractivity contribution in [1.29, 1.82) is 0 Å². The van der Waals surface area contributed by atoms with Gasteiger partial charge in [0, 0.05) is 0 Å². The Labute approximate surface area is 74.1 Å². The first-order valence-corrected chi connectivity index (χ1v) is 3.93. The summed E-state index contributed by atoms with van der Waals surface area (Å²) < 4.78 is 0. The van der Waals surface area contributed by atoms with Crippen LogP contribution in [0.4, 0.5) is 0 Å². The summed E-state index contributed by atoms with van der Waals surface area (Å²) in [5, 5.41) is 2.71. The lowest BCUT2D eigenvalue weighted by atomic mass is 10.3. The molecule has 0 spiro atoms. The number of hydrogen-bond acceptors (Lipinski definition) is 2. The van der Waals surface area contributed by atoms with Crippen LogP contribution in [-0.4, -0.2) is 37.5 Å². The van der Waals surface area contributed by atoms with Crippen LogP contribution in [0.1, 0.15) is 13.8 Å². The van der Waals surface area contributed by atoms with Gasteiger partial charge in [0.05, 0.1) is 12.6 Å². The van der Waals surface area contributed by atoms with Gasteiger partial charge in [-0.2, -0.15) is 0 Å². The van der Waals surface area contributed by atoms with Crippen LogP contribution in [0.2, 0.25) is 0 Å². The van der Waals surface area contributed by atoms with Gasteiger partial charge in [-0.15, -0.1) is 5.92 Å². The van der Waals surface area contributed by atoms with E-state index in [-0.39, 0.29) is 11.9 Å². The second kappa shape index (κ2) is 5.62. The average molecular weight is 168 g/mol. The second-order valence-corrected chi connectivity index (χ2v) is 2.78. The van der Waals surface area contributed by atoms with E-state index in [4.69, 9.17) is 0 Å². The van der Waals surface area contributed by atoms with E-state index in [0.29, 0.717) is 6.54 Å². The first-order valence-electron chi connectivity index (χ1n) is 3.93. The standard InChI is InChI=1S/C9H16N2O/c1-5-6-7-10-9(12)8(2)11(3)4/h8H,7H2,1-4H3,(H,10,12)/t8-/m0/s1. The molecule has 0 aromatic carbocycles. The Morgan fingerprint density at radius 2 is 2.17 bits per heavy atom. The van der Waals surface area contributed by atoms with Crippen LogP contribution in [-0.2, 0) is 4.79 Å². The van der Waals surface area contributed by atoms with Gasteiger partial charge in [0.2, 0.25) is 5.91 Å². The summed E-state index contributed by atoms with van der Waals surface area (Å²) in [6.07, 6.45) is 0. The van der Waals surface area contributed by atoms with E-state index in [1.54, 1.807) is 6.92 Å². The molecule has 0 radical (unpaired) electrons. The van der Waals surface area contributed by atoms with E-state index < -0.39 is 0 Å².